The lowest BCUT2D eigenvalue weighted by molar-refractivity contribution is -0.120. The number of rotatable bonds is 8. The average molecular weight is 373 g/mol. The molecule has 0 aliphatic heterocycles. The van der Waals surface area contributed by atoms with Crippen molar-refractivity contribution in [1.82, 2.24) is 10.0 Å². The van der Waals surface area contributed by atoms with Gasteiger partial charge in [0.2, 0.25) is 15.9 Å². The van der Waals surface area contributed by atoms with Crippen LogP contribution in [-0.2, 0) is 21.2 Å². The van der Waals surface area contributed by atoms with E-state index in [1.807, 2.05) is 17.5 Å². The third kappa shape index (κ3) is 5.95. The van der Waals surface area contributed by atoms with Crippen LogP contribution in [0.5, 0.6) is 0 Å². The molecule has 2 N–H and O–H groups in total. The molecule has 0 aliphatic carbocycles. The summed E-state index contributed by atoms with van der Waals surface area (Å²) in [4.78, 5) is 13.0. The molecule has 23 heavy (non-hydrogen) atoms. The Bertz CT molecular complexity index is 746. The van der Waals surface area contributed by atoms with E-state index in [1.54, 1.807) is 23.5 Å². The van der Waals surface area contributed by atoms with Crippen LogP contribution in [0.2, 0.25) is 5.02 Å². The Hall–Kier alpha value is -1.41. The molecular weight excluding hydrogens is 356 g/mol. The molecule has 0 radical (unpaired) electrons. The fourth-order valence-electron chi connectivity index (χ4n) is 1.88. The van der Waals surface area contributed by atoms with Gasteiger partial charge in [-0.05, 0) is 36.1 Å². The van der Waals surface area contributed by atoms with Crippen LogP contribution in [0.15, 0.2) is 46.7 Å². The third-order valence-corrected chi connectivity index (χ3v) is 5.65. The zero-order valence-electron chi connectivity index (χ0n) is 12.3. The molecule has 0 unspecified atom stereocenters. The van der Waals surface area contributed by atoms with Crippen molar-refractivity contribution in [3.05, 3.63) is 51.7 Å². The molecule has 0 atom stereocenters. The fourth-order valence-corrected chi connectivity index (χ4v) is 3.93. The predicted molar refractivity (Wildman–Crippen MR) is 92.3 cm³/mol. The summed E-state index contributed by atoms with van der Waals surface area (Å²) in [5.74, 6) is -0.185. The van der Waals surface area contributed by atoms with Crippen LogP contribution < -0.4 is 10.0 Å². The molecule has 1 aromatic carbocycles. The van der Waals surface area contributed by atoms with Crippen molar-refractivity contribution < 1.29 is 13.2 Å². The van der Waals surface area contributed by atoms with E-state index < -0.39 is 10.0 Å². The van der Waals surface area contributed by atoms with E-state index in [1.165, 1.54) is 17.0 Å². The summed E-state index contributed by atoms with van der Waals surface area (Å²) in [6.07, 6.45) is 0.863. The molecule has 8 heteroatoms. The van der Waals surface area contributed by atoms with Crippen molar-refractivity contribution in [2.45, 2.75) is 17.7 Å². The van der Waals surface area contributed by atoms with Crippen molar-refractivity contribution in [1.29, 1.82) is 0 Å². The van der Waals surface area contributed by atoms with E-state index in [-0.39, 0.29) is 23.8 Å². The number of nitrogens with one attached hydrogen (secondary N) is 2. The highest BCUT2D eigenvalue weighted by molar-refractivity contribution is 7.89. The van der Waals surface area contributed by atoms with E-state index in [9.17, 15) is 13.2 Å². The first-order valence-corrected chi connectivity index (χ1v) is 9.76. The van der Waals surface area contributed by atoms with Crippen molar-refractivity contribution >= 4 is 38.9 Å². The van der Waals surface area contributed by atoms with Crippen molar-refractivity contribution in [3.8, 4) is 0 Å². The topological polar surface area (TPSA) is 75.3 Å². The molecule has 0 saturated carbocycles. The quantitative estimate of drug-likeness (QED) is 0.747. The van der Waals surface area contributed by atoms with Gasteiger partial charge in [-0.1, -0.05) is 23.7 Å². The predicted octanol–water partition coefficient (Wildman–Crippen LogP) is 2.43. The van der Waals surface area contributed by atoms with Gasteiger partial charge in [-0.2, -0.15) is 0 Å². The molecule has 1 aromatic heterocycles. The van der Waals surface area contributed by atoms with Gasteiger partial charge in [0.25, 0.3) is 0 Å². The van der Waals surface area contributed by atoms with Crippen LogP contribution in [-0.4, -0.2) is 27.4 Å². The Balaban J connectivity index is 1.72. The highest BCUT2D eigenvalue weighted by Crippen LogP contribution is 2.15. The molecule has 0 fully saturated rings. The maximum Gasteiger partial charge on any atom is 0.240 e. The zero-order chi connectivity index (χ0) is 16.7. The molecule has 124 valence electrons. The summed E-state index contributed by atoms with van der Waals surface area (Å²) in [5.41, 5.74) is 0. The monoisotopic (exact) mass is 372 g/mol. The zero-order valence-corrected chi connectivity index (χ0v) is 14.7. The van der Waals surface area contributed by atoms with Gasteiger partial charge in [0.05, 0.1) is 4.90 Å². The Labute approximate surface area is 144 Å². The molecule has 0 aliphatic rings. The summed E-state index contributed by atoms with van der Waals surface area (Å²) in [6, 6.07) is 9.96. The first kappa shape index (κ1) is 17.9. The Morgan fingerprint density at radius 3 is 2.70 bits per heavy atom. The maximum absolute atomic E-state index is 12.0. The Kier molecular flexibility index (Phi) is 6.59. The molecule has 0 saturated heterocycles. The number of thiophene rings is 1. The number of benzene rings is 1. The molecule has 1 amide bonds. The smallest absolute Gasteiger partial charge is 0.240 e. The van der Waals surface area contributed by atoms with Crippen molar-refractivity contribution in [2.24, 2.45) is 0 Å². The molecule has 0 spiro atoms. The average Bonchev–Trinajstić information content (AvgIpc) is 3.00. The van der Waals surface area contributed by atoms with E-state index in [0.29, 0.717) is 11.6 Å². The van der Waals surface area contributed by atoms with Gasteiger partial charge >= 0.3 is 0 Å². The minimum atomic E-state index is -3.65. The number of sulfonamides is 1. The lowest BCUT2D eigenvalue weighted by Crippen LogP contribution is -2.31. The Morgan fingerprint density at radius 1 is 1.17 bits per heavy atom. The van der Waals surface area contributed by atoms with Crippen LogP contribution in [0.3, 0.4) is 0 Å². The Morgan fingerprint density at radius 2 is 2.00 bits per heavy atom. The van der Waals surface area contributed by atoms with Crippen molar-refractivity contribution in [3.63, 3.8) is 0 Å². The number of hydrogen-bond acceptors (Lipinski definition) is 4. The number of carbonyl (C=O) groups excluding carboxylic acids is 1. The number of amides is 1. The van der Waals surface area contributed by atoms with Crippen LogP contribution in [0.4, 0.5) is 0 Å². The fraction of sp³-hybridized carbons (Fsp3) is 0.267. The van der Waals surface area contributed by atoms with Crippen LogP contribution >= 0.6 is 22.9 Å². The van der Waals surface area contributed by atoms with Crippen LogP contribution in [0, 0.1) is 0 Å². The number of hydrogen-bond donors (Lipinski definition) is 2. The van der Waals surface area contributed by atoms with Crippen molar-refractivity contribution in [2.75, 3.05) is 13.1 Å². The van der Waals surface area contributed by atoms with Gasteiger partial charge < -0.3 is 5.32 Å². The minimum Gasteiger partial charge on any atom is -0.356 e. The lowest BCUT2D eigenvalue weighted by Gasteiger charge is -2.07. The maximum atomic E-state index is 12.0. The van der Waals surface area contributed by atoms with E-state index in [4.69, 9.17) is 11.6 Å². The summed E-state index contributed by atoms with van der Waals surface area (Å²) in [7, 11) is -3.65. The molecule has 0 bridgehead atoms. The second kappa shape index (κ2) is 8.44. The van der Waals surface area contributed by atoms with E-state index >= 15 is 0 Å². The van der Waals surface area contributed by atoms with E-state index in [2.05, 4.69) is 10.0 Å². The lowest BCUT2D eigenvalue weighted by atomic mass is 10.3. The van der Waals surface area contributed by atoms with Gasteiger partial charge in [-0.15, -0.1) is 11.3 Å². The molecule has 5 nitrogen and oxygen atoms in total. The molecule has 1 heterocycles. The SMILES string of the molecule is O=C(CCNS(=O)(=O)c1cccc(Cl)c1)NCCc1cccs1. The molecule has 2 aromatic rings. The van der Waals surface area contributed by atoms with Gasteiger partial charge in [0.15, 0.2) is 0 Å². The normalized spacial score (nSPS) is 11.3. The van der Waals surface area contributed by atoms with Gasteiger partial charge in [0.1, 0.15) is 0 Å². The second-order valence-electron chi connectivity index (χ2n) is 4.78. The van der Waals surface area contributed by atoms with Gasteiger partial charge in [-0.25, -0.2) is 13.1 Å². The highest BCUT2D eigenvalue weighted by atomic mass is 35.5. The van der Waals surface area contributed by atoms with Crippen LogP contribution in [0.25, 0.3) is 0 Å². The summed E-state index contributed by atoms with van der Waals surface area (Å²) < 4.78 is 26.5. The van der Waals surface area contributed by atoms with E-state index in [0.717, 1.165) is 6.42 Å². The first-order valence-electron chi connectivity index (χ1n) is 7.02. The number of halogens is 1. The first-order chi connectivity index (χ1) is 11.0. The second-order valence-corrected chi connectivity index (χ2v) is 8.02. The van der Waals surface area contributed by atoms with Gasteiger partial charge in [-0.3, -0.25) is 4.79 Å². The minimum absolute atomic E-state index is 0.0414. The highest BCUT2D eigenvalue weighted by Gasteiger charge is 2.14. The standard InChI is InChI=1S/C15H17ClN2O3S2/c16-12-3-1-5-14(11-12)23(20,21)18-9-7-15(19)17-8-6-13-4-2-10-22-13/h1-5,10-11,18H,6-9H2,(H,17,19). The summed E-state index contributed by atoms with van der Waals surface area (Å²) in [5, 5.41) is 5.10. The largest absolute Gasteiger partial charge is 0.356 e. The third-order valence-electron chi connectivity index (χ3n) is 3.02. The van der Waals surface area contributed by atoms with Crippen LogP contribution in [0.1, 0.15) is 11.3 Å². The summed E-state index contributed by atoms with van der Waals surface area (Å²) >= 11 is 7.42. The number of carbonyl (C=O) groups is 1. The summed E-state index contributed by atoms with van der Waals surface area (Å²) in [6.45, 7) is 0.583. The molecule has 2 rings (SSSR count). The molecular formula is C15H17ClN2O3S2. The van der Waals surface area contributed by atoms with Gasteiger partial charge in [0, 0.05) is 29.4 Å².